The summed E-state index contributed by atoms with van der Waals surface area (Å²) in [5, 5.41) is 4.78. The number of carbonyl (C=O) groups excluding carboxylic acids is 1. The zero-order valence-corrected chi connectivity index (χ0v) is 15.9. The first-order chi connectivity index (χ1) is 13.7. The number of aromatic amines is 1. The van der Waals surface area contributed by atoms with E-state index in [1.807, 2.05) is 42.5 Å². The van der Waals surface area contributed by atoms with Gasteiger partial charge in [-0.1, -0.05) is 48.0 Å². The van der Waals surface area contributed by atoms with E-state index in [4.69, 9.17) is 16.3 Å². The number of ether oxygens (including phenoxy) is 1. The number of ketones is 1. The average Bonchev–Trinajstić information content (AvgIpc) is 3.15. The van der Waals surface area contributed by atoms with E-state index in [9.17, 15) is 4.79 Å². The Morgan fingerprint density at radius 3 is 2.75 bits per heavy atom. The van der Waals surface area contributed by atoms with E-state index in [2.05, 4.69) is 15.3 Å². The molecule has 0 saturated heterocycles. The first-order valence-electron chi connectivity index (χ1n) is 8.78. The fraction of sp³-hybridized carbons (Fsp3) is 0.0909. The van der Waals surface area contributed by atoms with Crippen molar-refractivity contribution in [2.75, 3.05) is 12.4 Å². The number of Topliss-reactive ketones (excluding diaryl/α,β-unsaturated/α-hetero) is 1. The number of carbonyl (C=O) groups is 1. The lowest BCUT2D eigenvalue weighted by atomic mass is 9.96. The number of nitrogens with one attached hydrogen (secondary N) is 2. The molecular weight excluding hydrogens is 374 g/mol. The zero-order valence-electron chi connectivity index (χ0n) is 15.1. The molecule has 0 aliphatic heterocycles. The third kappa shape index (κ3) is 3.57. The summed E-state index contributed by atoms with van der Waals surface area (Å²) in [7, 11) is 1.56. The van der Waals surface area contributed by atoms with Crippen LogP contribution in [0.1, 0.15) is 22.0 Å². The van der Waals surface area contributed by atoms with Crippen LogP contribution in [0.5, 0.6) is 5.88 Å². The standard InChI is InChI=1S/C22H18ClN3O2/c1-28-20-12-16(9-10-24-20)26-21(14-5-3-2-4-6-14)22(27)18-13-25-19-11-15(23)7-8-17(18)19/h2-13,21,25H,1H3,(H,24,26). The highest BCUT2D eigenvalue weighted by Crippen LogP contribution is 2.29. The minimum atomic E-state index is -0.567. The average molecular weight is 392 g/mol. The van der Waals surface area contributed by atoms with Gasteiger partial charge in [0.05, 0.1) is 7.11 Å². The van der Waals surface area contributed by atoms with Gasteiger partial charge in [0, 0.05) is 45.6 Å². The maximum absolute atomic E-state index is 13.5. The van der Waals surface area contributed by atoms with Crippen LogP contribution in [0.4, 0.5) is 5.69 Å². The molecule has 2 heterocycles. The Morgan fingerprint density at radius 1 is 1.14 bits per heavy atom. The largest absolute Gasteiger partial charge is 0.481 e. The molecule has 2 N–H and O–H groups in total. The molecule has 28 heavy (non-hydrogen) atoms. The molecule has 0 bridgehead atoms. The number of methoxy groups -OCH3 is 1. The molecule has 0 fully saturated rings. The van der Waals surface area contributed by atoms with Gasteiger partial charge >= 0.3 is 0 Å². The normalized spacial score (nSPS) is 11.9. The molecule has 0 spiro atoms. The molecular formula is C22H18ClN3O2. The smallest absolute Gasteiger partial charge is 0.214 e. The molecule has 2 aromatic carbocycles. The second-order valence-corrected chi connectivity index (χ2v) is 6.77. The number of benzene rings is 2. The summed E-state index contributed by atoms with van der Waals surface area (Å²) in [6.45, 7) is 0. The van der Waals surface area contributed by atoms with E-state index in [1.54, 1.807) is 37.7 Å². The lowest BCUT2D eigenvalue weighted by molar-refractivity contribution is 0.0971. The summed E-state index contributed by atoms with van der Waals surface area (Å²) in [5.41, 5.74) is 3.05. The first-order valence-corrected chi connectivity index (χ1v) is 9.16. The number of anilines is 1. The number of aromatic nitrogens is 2. The summed E-state index contributed by atoms with van der Waals surface area (Å²) >= 11 is 6.07. The predicted molar refractivity (Wildman–Crippen MR) is 111 cm³/mol. The van der Waals surface area contributed by atoms with Gasteiger partial charge in [0.2, 0.25) is 5.88 Å². The second kappa shape index (κ2) is 7.74. The Hall–Kier alpha value is -3.31. The monoisotopic (exact) mass is 391 g/mol. The van der Waals surface area contributed by atoms with E-state index < -0.39 is 6.04 Å². The van der Waals surface area contributed by atoms with Gasteiger partial charge in [0.25, 0.3) is 0 Å². The molecule has 0 aliphatic carbocycles. The van der Waals surface area contributed by atoms with Crippen molar-refractivity contribution in [2.45, 2.75) is 6.04 Å². The van der Waals surface area contributed by atoms with Gasteiger partial charge in [-0.15, -0.1) is 0 Å². The van der Waals surface area contributed by atoms with Gasteiger partial charge in [0.1, 0.15) is 6.04 Å². The van der Waals surface area contributed by atoms with Gasteiger partial charge in [-0.3, -0.25) is 4.79 Å². The molecule has 2 aromatic heterocycles. The van der Waals surface area contributed by atoms with E-state index in [0.717, 1.165) is 22.2 Å². The van der Waals surface area contributed by atoms with Crippen LogP contribution in [0.15, 0.2) is 73.1 Å². The van der Waals surface area contributed by atoms with Gasteiger partial charge in [0.15, 0.2) is 5.78 Å². The Balaban J connectivity index is 1.75. The fourth-order valence-electron chi connectivity index (χ4n) is 3.18. The highest BCUT2D eigenvalue weighted by Gasteiger charge is 2.24. The molecule has 140 valence electrons. The molecule has 0 saturated carbocycles. The van der Waals surface area contributed by atoms with Crippen LogP contribution in [-0.4, -0.2) is 22.9 Å². The Kier molecular flexibility index (Phi) is 5.00. The van der Waals surface area contributed by atoms with Gasteiger partial charge < -0.3 is 15.0 Å². The van der Waals surface area contributed by atoms with Crippen LogP contribution in [0, 0.1) is 0 Å². The number of nitrogens with zero attached hydrogens (tertiary/aromatic N) is 1. The van der Waals surface area contributed by atoms with Crippen LogP contribution in [0.25, 0.3) is 10.9 Å². The lowest BCUT2D eigenvalue weighted by Crippen LogP contribution is -2.21. The van der Waals surface area contributed by atoms with Gasteiger partial charge in [-0.05, 0) is 23.8 Å². The topological polar surface area (TPSA) is 67.0 Å². The van der Waals surface area contributed by atoms with Crippen molar-refractivity contribution in [1.29, 1.82) is 0 Å². The van der Waals surface area contributed by atoms with Crippen LogP contribution < -0.4 is 10.1 Å². The van der Waals surface area contributed by atoms with Crippen molar-refractivity contribution in [3.05, 3.63) is 89.2 Å². The highest BCUT2D eigenvalue weighted by atomic mass is 35.5. The molecule has 1 atom stereocenters. The van der Waals surface area contributed by atoms with Crippen molar-refractivity contribution in [3.63, 3.8) is 0 Å². The van der Waals surface area contributed by atoms with Gasteiger partial charge in [-0.25, -0.2) is 4.98 Å². The molecule has 4 rings (SSSR count). The summed E-state index contributed by atoms with van der Waals surface area (Å²) in [4.78, 5) is 20.8. The molecule has 4 aromatic rings. The Labute approximate surface area is 167 Å². The third-order valence-corrected chi connectivity index (χ3v) is 4.79. The lowest BCUT2D eigenvalue weighted by Gasteiger charge is -2.19. The molecule has 0 amide bonds. The second-order valence-electron chi connectivity index (χ2n) is 6.33. The maximum Gasteiger partial charge on any atom is 0.214 e. The van der Waals surface area contributed by atoms with Crippen molar-refractivity contribution < 1.29 is 9.53 Å². The maximum atomic E-state index is 13.5. The number of H-pyrrole nitrogens is 1. The quantitative estimate of drug-likeness (QED) is 0.440. The Bertz CT molecular complexity index is 1130. The van der Waals surface area contributed by atoms with E-state index >= 15 is 0 Å². The Morgan fingerprint density at radius 2 is 1.96 bits per heavy atom. The van der Waals surface area contributed by atoms with E-state index in [1.165, 1.54) is 0 Å². The number of hydrogen-bond donors (Lipinski definition) is 2. The summed E-state index contributed by atoms with van der Waals surface area (Å²) in [5.74, 6) is 0.432. The molecule has 0 radical (unpaired) electrons. The van der Waals surface area contributed by atoms with Crippen molar-refractivity contribution in [2.24, 2.45) is 0 Å². The minimum Gasteiger partial charge on any atom is -0.481 e. The fourth-order valence-corrected chi connectivity index (χ4v) is 3.35. The zero-order chi connectivity index (χ0) is 19.5. The number of pyridine rings is 1. The number of halogens is 1. The highest BCUT2D eigenvalue weighted by molar-refractivity contribution is 6.31. The third-order valence-electron chi connectivity index (χ3n) is 4.56. The number of hydrogen-bond acceptors (Lipinski definition) is 4. The van der Waals surface area contributed by atoms with Crippen LogP contribution in [0.2, 0.25) is 5.02 Å². The molecule has 6 heteroatoms. The van der Waals surface area contributed by atoms with Crippen LogP contribution in [0.3, 0.4) is 0 Å². The van der Waals surface area contributed by atoms with E-state index in [0.29, 0.717) is 16.5 Å². The molecule has 5 nitrogen and oxygen atoms in total. The number of fused-ring (bicyclic) bond motifs is 1. The number of rotatable bonds is 6. The predicted octanol–water partition coefficient (Wildman–Crippen LogP) is 5.26. The van der Waals surface area contributed by atoms with E-state index in [-0.39, 0.29) is 5.78 Å². The molecule has 1 unspecified atom stereocenters. The molecule has 0 aliphatic rings. The summed E-state index contributed by atoms with van der Waals surface area (Å²) in [6.07, 6.45) is 3.37. The van der Waals surface area contributed by atoms with Crippen molar-refractivity contribution in [3.8, 4) is 5.88 Å². The summed E-state index contributed by atoms with van der Waals surface area (Å²) in [6, 6.07) is 18.1. The van der Waals surface area contributed by atoms with Crippen LogP contribution in [-0.2, 0) is 0 Å². The summed E-state index contributed by atoms with van der Waals surface area (Å²) < 4.78 is 5.19. The SMILES string of the molecule is COc1cc(NC(C(=O)c2c[nH]c3cc(Cl)ccc23)c2ccccc2)ccn1. The minimum absolute atomic E-state index is 0.0458. The van der Waals surface area contributed by atoms with Crippen molar-refractivity contribution in [1.82, 2.24) is 9.97 Å². The van der Waals surface area contributed by atoms with Crippen LogP contribution >= 0.6 is 11.6 Å². The first kappa shape index (κ1) is 18.1. The van der Waals surface area contributed by atoms with Gasteiger partial charge in [-0.2, -0.15) is 0 Å². The van der Waals surface area contributed by atoms with Crippen molar-refractivity contribution >= 4 is 34.0 Å².